The van der Waals surface area contributed by atoms with Gasteiger partial charge in [-0.05, 0) is 54.8 Å². The summed E-state index contributed by atoms with van der Waals surface area (Å²) in [6.07, 6.45) is 1.83. The van der Waals surface area contributed by atoms with Crippen LogP contribution in [-0.4, -0.2) is 10.2 Å². The smallest absolute Gasteiger partial charge is 0.264 e. The normalized spacial score (nSPS) is 11.5. The molecule has 2 aromatic carbocycles. The number of anilines is 1. The Morgan fingerprint density at radius 2 is 2.00 bits per heavy atom. The Morgan fingerprint density at radius 3 is 2.74 bits per heavy atom. The molecule has 1 N–H and O–H groups in total. The number of hydrogen-bond donors (Lipinski definition) is 1. The van der Waals surface area contributed by atoms with Gasteiger partial charge in [-0.15, -0.1) is 21.5 Å². The number of halogens is 1. The molecule has 7 heteroatoms. The van der Waals surface area contributed by atoms with Gasteiger partial charge in [-0.3, -0.25) is 0 Å². The van der Waals surface area contributed by atoms with Crippen molar-refractivity contribution in [3.8, 4) is 17.5 Å². The van der Waals surface area contributed by atoms with Crippen molar-refractivity contribution in [2.75, 3.05) is 5.32 Å². The van der Waals surface area contributed by atoms with Gasteiger partial charge in [0.05, 0.1) is 16.0 Å². The second kappa shape index (κ2) is 7.02. The van der Waals surface area contributed by atoms with Crippen LogP contribution in [0.2, 0.25) is 0 Å². The van der Waals surface area contributed by atoms with E-state index in [4.69, 9.17) is 4.42 Å². The van der Waals surface area contributed by atoms with Gasteiger partial charge in [-0.2, -0.15) is 5.26 Å². The summed E-state index contributed by atoms with van der Waals surface area (Å²) in [6, 6.07) is 13.7. The fourth-order valence-electron chi connectivity index (χ4n) is 2.69. The molecule has 0 aliphatic rings. The topological polar surface area (TPSA) is 74.7 Å². The zero-order valence-corrected chi connectivity index (χ0v) is 15.0. The van der Waals surface area contributed by atoms with Crippen LogP contribution < -0.4 is 5.32 Å². The van der Waals surface area contributed by atoms with Crippen LogP contribution in [0, 0.1) is 17.1 Å². The van der Waals surface area contributed by atoms with Gasteiger partial charge < -0.3 is 9.73 Å². The van der Waals surface area contributed by atoms with E-state index in [-0.39, 0.29) is 5.82 Å². The van der Waals surface area contributed by atoms with Gasteiger partial charge in [-0.1, -0.05) is 6.08 Å². The standard InChI is InChI=1S/C20H13FN4OS/c1-2-16(20-25-24-19(26-20)12-3-6-14(21)7-4-12)23-17-8-5-13(11-22)18-15(17)9-10-27-18/h2-10,23H,1H3/b16-2-. The fraction of sp³-hybridized carbons (Fsp3) is 0.0500. The molecule has 2 heterocycles. The molecule has 132 valence electrons. The van der Waals surface area contributed by atoms with Crippen molar-refractivity contribution in [3.05, 3.63) is 71.2 Å². The first-order chi connectivity index (χ1) is 13.2. The Kier molecular flexibility index (Phi) is 4.40. The molecule has 5 nitrogen and oxygen atoms in total. The van der Waals surface area contributed by atoms with Crippen molar-refractivity contribution in [1.29, 1.82) is 5.26 Å². The lowest BCUT2D eigenvalue weighted by Crippen LogP contribution is -1.99. The number of thiophene rings is 1. The molecule has 0 saturated heterocycles. The average Bonchev–Trinajstić information content (AvgIpc) is 3.36. The van der Waals surface area contributed by atoms with E-state index < -0.39 is 0 Å². The van der Waals surface area contributed by atoms with Gasteiger partial charge in [0, 0.05) is 16.6 Å². The van der Waals surface area contributed by atoms with Gasteiger partial charge in [0.1, 0.15) is 11.9 Å². The summed E-state index contributed by atoms with van der Waals surface area (Å²) >= 11 is 1.52. The second-order valence-corrected chi connectivity index (χ2v) is 6.60. The SMILES string of the molecule is C/C=C(\Nc1ccc(C#N)c2sccc12)c1nnc(-c2ccc(F)cc2)o1. The maximum absolute atomic E-state index is 13.1. The maximum atomic E-state index is 13.1. The number of hydrogen-bond acceptors (Lipinski definition) is 6. The Hall–Kier alpha value is -3.50. The third kappa shape index (κ3) is 3.18. The van der Waals surface area contributed by atoms with Crippen LogP contribution in [0.15, 0.2) is 58.3 Å². The van der Waals surface area contributed by atoms with Crippen LogP contribution in [0.5, 0.6) is 0 Å². The Labute approximate surface area is 158 Å². The number of nitrogens with one attached hydrogen (secondary N) is 1. The molecule has 0 aliphatic heterocycles. The van der Waals surface area contributed by atoms with Gasteiger partial charge >= 0.3 is 0 Å². The number of fused-ring (bicyclic) bond motifs is 1. The third-order valence-corrected chi connectivity index (χ3v) is 4.99. The van der Waals surface area contributed by atoms with Crippen LogP contribution in [-0.2, 0) is 0 Å². The number of aromatic nitrogens is 2. The van der Waals surface area contributed by atoms with Gasteiger partial charge in [0.15, 0.2) is 0 Å². The van der Waals surface area contributed by atoms with Crippen molar-refractivity contribution in [3.63, 3.8) is 0 Å². The maximum Gasteiger partial charge on any atom is 0.264 e. The van der Waals surface area contributed by atoms with Gasteiger partial charge in [0.25, 0.3) is 5.89 Å². The molecular formula is C20H13FN4OS. The summed E-state index contributed by atoms with van der Waals surface area (Å²) in [7, 11) is 0. The molecule has 0 bridgehead atoms. The number of allylic oxidation sites excluding steroid dienone is 1. The van der Waals surface area contributed by atoms with Crippen molar-refractivity contribution in [2.24, 2.45) is 0 Å². The Morgan fingerprint density at radius 1 is 1.19 bits per heavy atom. The number of nitriles is 1. The summed E-state index contributed by atoms with van der Waals surface area (Å²) < 4.78 is 19.8. The average molecular weight is 376 g/mol. The number of benzene rings is 2. The van der Waals surface area contributed by atoms with E-state index in [1.165, 1.54) is 23.5 Å². The lowest BCUT2D eigenvalue weighted by Gasteiger charge is -2.09. The molecule has 27 heavy (non-hydrogen) atoms. The molecule has 2 aromatic heterocycles. The summed E-state index contributed by atoms with van der Waals surface area (Å²) in [6.45, 7) is 1.86. The Balaban J connectivity index is 1.66. The molecular weight excluding hydrogens is 363 g/mol. The zero-order chi connectivity index (χ0) is 18.8. The predicted molar refractivity (Wildman–Crippen MR) is 104 cm³/mol. The van der Waals surface area contributed by atoms with E-state index in [9.17, 15) is 9.65 Å². The highest BCUT2D eigenvalue weighted by Gasteiger charge is 2.14. The van der Waals surface area contributed by atoms with Gasteiger partial charge in [0.2, 0.25) is 5.89 Å². The summed E-state index contributed by atoms with van der Waals surface area (Å²) in [5, 5.41) is 23.6. The van der Waals surface area contributed by atoms with Crippen LogP contribution in [0.25, 0.3) is 27.2 Å². The number of rotatable bonds is 4. The summed E-state index contributed by atoms with van der Waals surface area (Å²) in [5.74, 6) is 0.311. The summed E-state index contributed by atoms with van der Waals surface area (Å²) in [4.78, 5) is 0. The molecule has 0 amide bonds. The van der Waals surface area contributed by atoms with E-state index >= 15 is 0 Å². The Bertz CT molecular complexity index is 1180. The molecule has 0 saturated carbocycles. The van der Waals surface area contributed by atoms with Crippen molar-refractivity contribution < 1.29 is 8.81 Å². The molecule has 0 radical (unpaired) electrons. The lowest BCUT2D eigenvalue weighted by molar-refractivity contribution is 0.553. The molecule has 4 aromatic rings. The largest absolute Gasteiger partial charge is 0.415 e. The van der Waals surface area contributed by atoms with E-state index in [0.29, 0.717) is 28.6 Å². The van der Waals surface area contributed by atoms with E-state index in [1.807, 2.05) is 30.5 Å². The predicted octanol–water partition coefficient (Wildman–Crippen LogP) is 5.43. The highest BCUT2D eigenvalue weighted by atomic mass is 32.1. The second-order valence-electron chi connectivity index (χ2n) is 5.68. The lowest BCUT2D eigenvalue weighted by atomic mass is 10.1. The molecule has 0 atom stereocenters. The molecule has 0 fully saturated rings. The zero-order valence-electron chi connectivity index (χ0n) is 14.2. The van der Waals surface area contributed by atoms with Crippen molar-refractivity contribution in [2.45, 2.75) is 6.92 Å². The molecule has 0 unspecified atom stereocenters. The third-order valence-electron chi connectivity index (χ3n) is 4.04. The van der Waals surface area contributed by atoms with Crippen LogP contribution >= 0.6 is 11.3 Å². The van der Waals surface area contributed by atoms with E-state index in [2.05, 4.69) is 21.6 Å². The monoisotopic (exact) mass is 376 g/mol. The minimum absolute atomic E-state index is 0.312. The first-order valence-corrected chi connectivity index (χ1v) is 9.01. The van der Waals surface area contributed by atoms with Crippen LogP contribution in [0.4, 0.5) is 10.1 Å². The molecule has 0 spiro atoms. The van der Waals surface area contributed by atoms with E-state index in [0.717, 1.165) is 15.8 Å². The van der Waals surface area contributed by atoms with Gasteiger partial charge in [-0.25, -0.2) is 4.39 Å². The highest BCUT2D eigenvalue weighted by Crippen LogP contribution is 2.33. The minimum atomic E-state index is -0.324. The van der Waals surface area contributed by atoms with Crippen LogP contribution in [0.1, 0.15) is 18.4 Å². The molecule has 0 aliphatic carbocycles. The van der Waals surface area contributed by atoms with Crippen molar-refractivity contribution in [1.82, 2.24) is 10.2 Å². The quantitative estimate of drug-likeness (QED) is 0.514. The van der Waals surface area contributed by atoms with E-state index in [1.54, 1.807) is 18.2 Å². The number of nitrogens with zero attached hydrogens (tertiary/aromatic N) is 3. The van der Waals surface area contributed by atoms with Crippen LogP contribution in [0.3, 0.4) is 0 Å². The first kappa shape index (κ1) is 16.9. The molecule has 4 rings (SSSR count). The summed E-state index contributed by atoms with van der Waals surface area (Å²) in [5.41, 5.74) is 2.78. The fourth-order valence-corrected chi connectivity index (χ4v) is 3.58. The minimum Gasteiger partial charge on any atom is -0.415 e. The highest BCUT2D eigenvalue weighted by molar-refractivity contribution is 7.17. The van der Waals surface area contributed by atoms with Crippen molar-refractivity contribution >= 4 is 32.8 Å². The first-order valence-electron chi connectivity index (χ1n) is 8.13.